The van der Waals surface area contributed by atoms with E-state index in [9.17, 15) is 5.26 Å². The van der Waals surface area contributed by atoms with Crippen molar-refractivity contribution >= 4 is 63.0 Å². The monoisotopic (exact) mass is 619 g/mol. The van der Waals surface area contributed by atoms with E-state index < -0.39 is 0 Å². The van der Waals surface area contributed by atoms with Crippen LogP contribution >= 0.6 is 22.7 Å². The maximum atomic E-state index is 10.2. The highest BCUT2D eigenvalue weighted by Crippen LogP contribution is 2.45. The number of rotatable bonds is 4. The number of benzene rings is 7. The summed E-state index contributed by atoms with van der Waals surface area (Å²) in [5, 5.41) is 15.3. The smallest absolute Gasteiger partial charge is 0.0992 e. The van der Waals surface area contributed by atoms with Gasteiger partial charge in [-0.25, -0.2) is 0 Å². The van der Waals surface area contributed by atoms with Crippen LogP contribution in [0.15, 0.2) is 152 Å². The highest BCUT2D eigenvalue weighted by Gasteiger charge is 2.18. The molecule has 9 rings (SSSR count). The molecule has 9 aromatic rings. The first kappa shape index (κ1) is 26.8. The molecule has 0 bridgehead atoms. The number of nitrogens with zero attached hydrogens (tertiary/aromatic N) is 1. The third-order valence-corrected chi connectivity index (χ3v) is 11.2. The number of hydrogen-bond acceptors (Lipinski definition) is 3. The van der Waals surface area contributed by atoms with Gasteiger partial charge in [-0.3, -0.25) is 0 Å². The molecule has 0 aliphatic heterocycles. The number of fused-ring (bicyclic) bond motifs is 6. The van der Waals surface area contributed by atoms with E-state index in [0.29, 0.717) is 5.56 Å². The Morgan fingerprint density at radius 2 is 0.891 bits per heavy atom. The van der Waals surface area contributed by atoms with E-state index >= 15 is 0 Å². The van der Waals surface area contributed by atoms with Crippen molar-refractivity contribution in [2.45, 2.75) is 0 Å². The Morgan fingerprint density at radius 3 is 1.48 bits per heavy atom. The van der Waals surface area contributed by atoms with Crippen LogP contribution in [0.2, 0.25) is 0 Å². The summed E-state index contributed by atoms with van der Waals surface area (Å²) in [6.45, 7) is 0. The topological polar surface area (TPSA) is 23.8 Å². The predicted octanol–water partition coefficient (Wildman–Crippen LogP) is 13.0. The van der Waals surface area contributed by atoms with Gasteiger partial charge in [-0.2, -0.15) is 5.26 Å². The van der Waals surface area contributed by atoms with Crippen LogP contribution in [0.4, 0.5) is 0 Å². The fraction of sp³-hybridized carbons (Fsp3) is 0. The predicted molar refractivity (Wildman–Crippen MR) is 199 cm³/mol. The van der Waals surface area contributed by atoms with Crippen LogP contribution in [0, 0.1) is 11.3 Å². The largest absolute Gasteiger partial charge is 0.192 e. The van der Waals surface area contributed by atoms with Gasteiger partial charge >= 0.3 is 0 Å². The second kappa shape index (κ2) is 10.8. The van der Waals surface area contributed by atoms with Crippen molar-refractivity contribution in [2.75, 3.05) is 0 Å². The van der Waals surface area contributed by atoms with Crippen LogP contribution in [0.5, 0.6) is 0 Å². The first-order valence-corrected chi connectivity index (χ1v) is 16.9. The van der Waals surface area contributed by atoms with Crippen molar-refractivity contribution in [1.82, 2.24) is 0 Å². The molecule has 0 radical (unpaired) electrons. The van der Waals surface area contributed by atoms with E-state index in [1.54, 1.807) is 0 Å². The molecule has 0 amide bonds. The molecule has 2 aromatic heterocycles. The van der Waals surface area contributed by atoms with Gasteiger partial charge in [0, 0.05) is 40.3 Å². The average molecular weight is 620 g/mol. The molecule has 0 N–H and O–H groups in total. The van der Waals surface area contributed by atoms with Crippen LogP contribution in [-0.2, 0) is 0 Å². The SMILES string of the molecule is N#Cc1cc(-c2ccccc2)cc(-c2c(-c3ccc4sc5ccccc5c4c3)cccc2-c2ccc3sc4ccccc4c3c2)c1. The van der Waals surface area contributed by atoms with Crippen molar-refractivity contribution in [3.05, 3.63) is 157 Å². The van der Waals surface area contributed by atoms with E-state index in [2.05, 4.69) is 127 Å². The molecule has 0 aliphatic carbocycles. The lowest BCUT2D eigenvalue weighted by atomic mass is 9.85. The first-order chi connectivity index (χ1) is 22.7. The second-order valence-corrected chi connectivity index (χ2v) is 13.8. The van der Waals surface area contributed by atoms with Crippen molar-refractivity contribution in [3.63, 3.8) is 0 Å². The van der Waals surface area contributed by atoms with Crippen LogP contribution in [0.25, 0.3) is 84.9 Å². The molecular formula is C43H25NS2. The van der Waals surface area contributed by atoms with Crippen LogP contribution < -0.4 is 0 Å². The minimum atomic E-state index is 0.649. The van der Waals surface area contributed by atoms with E-state index in [1.165, 1.54) is 51.5 Å². The zero-order valence-corrected chi connectivity index (χ0v) is 26.3. The summed E-state index contributed by atoms with van der Waals surface area (Å²) in [6, 6.07) is 56.7. The molecule has 46 heavy (non-hydrogen) atoms. The molecule has 0 spiro atoms. The van der Waals surface area contributed by atoms with Gasteiger partial charge in [0.25, 0.3) is 0 Å². The first-order valence-electron chi connectivity index (χ1n) is 15.3. The summed E-state index contributed by atoms with van der Waals surface area (Å²) >= 11 is 3.68. The molecule has 0 fully saturated rings. The summed E-state index contributed by atoms with van der Waals surface area (Å²) in [6.07, 6.45) is 0. The standard InChI is InChI=1S/C43H25NS2/c44-26-27-21-31(28-9-2-1-3-10-28)23-32(22-27)43-33(29-17-19-41-37(24-29)35-11-4-6-15-39(35)45-41)13-8-14-34(43)30-18-20-42-38(25-30)36-12-5-7-16-40(36)46-42/h1-25H. The van der Waals surface area contributed by atoms with Crippen molar-refractivity contribution in [1.29, 1.82) is 5.26 Å². The highest BCUT2D eigenvalue weighted by molar-refractivity contribution is 7.26. The second-order valence-electron chi connectivity index (χ2n) is 11.6. The van der Waals surface area contributed by atoms with Gasteiger partial charge in [0.05, 0.1) is 11.6 Å². The maximum Gasteiger partial charge on any atom is 0.0992 e. The Hall–Kier alpha value is -5.53. The Labute approximate surface area is 274 Å². The van der Waals surface area contributed by atoms with Crippen LogP contribution in [0.3, 0.4) is 0 Å². The summed E-state index contributed by atoms with van der Waals surface area (Å²) in [4.78, 5) is 0. The van der Waals surface area contributed by atoms with Gasteiger partial charge in [0.15, 0.2) is 0 Å². The average Bonchev–Trinajstić information content (AvgIpc) is 3.69. The summed E-state index contributed by atoms with van der Waals surface area (Å²) in [7, 11) is 0. The fourth-order valence-corrected chi connectivity index (χ4v) is 8.94. The van der Waals surface area contributed by atoms with E-state index in [-0.39, 0.29) is 0 Å². The summed E-state index contributed by atoms with van der Waals surface area (Å²) in [5.41, 5.74) is 9.58. The molecular weight excluding hydrogens is 595 g/mol. The molecule has 0 aliphatic rings. The molecule has 1 nitrogen and oxygen atoms in total. The summed E-state index contributed by atoms with van der Waals surface area (Å²) in [5.74, 6) is 0. The molecule has 2 heterocycles. The van der Waals surface area contributed by atoms with E-state index in [0.717, 1.165) is 33.4 Å². The number of thiophene rings is 2. The zero-order valence-electron chi connectivity index (χ0n) is 24.7. The quantitative estimate of drug-likeness (QED) is 0.192. The Bertz CT molecular complexity index is 2520. The van der Waals surface area contributed by atoms with Gasteiger partial charge in [-0.1, -0.05) is 97.1 Å². The number of hydrogen-bond donors (Lipinski definition) is 0. The van der Waals surface area contributed by atoms with Crippen LogP contribution in [0.1, 0.15) is 5.56 Å². The molecule has 0 unspecified atom stereocenters. The Morgan fingerprint density at radius 1 is 0.370 bits per heavy atom. The lowest BCUT2D eigenvalue weighted by molar-refractivity contribution is 1.47. The Balaban J connectivity index is 1.34. The molecule has 214 valence electrons. The van der Waals surface area contributed by atoms with E-state index in [4.69, 9.17) is 0 Å². The van der Waals surface area contributed by atoms with E-state index in [1.807, 2.05) is 53.0 Å². The van der Waals surface area contributed by atoms with Crippen molar-refractivity contribution in [2.24, 2.45) is 0 Å². The lowest BCUT2D eigenvalue weighted by Crippen LogP contribution is -1.93. The summed E-state index contributed by atoms with van der Waals surface area (Å²) < 4.78 is 5.17. The van der Waals surface area contributed by atoms with Gasteiger partial charge < -0.3 is 0 Å². The van der Waals surface area contributed by atoms with Gasteiger partial charge in [0.2, 0.25) is 0 Å². The fourth-order valence-electron chi connectivity index (χ4n) is 6.77. The molecule has 0 saturated heterocycles. The molecule has 0 atom stereocenters. The number of nitriles is 1. The van der Waals surface area contributed by atoms with Crippen molar-refractivity contribution in [3.8, 4) is 50.6 Å². The lowest BCUT2D eigenvalue weighted by Gasteiger charge is -2.18. The van der Waals surface area contributed by atoms with Gasteiger partial charge in [-0.15, -0.1) is 22.7 Å². The Kier molecular flexibility index (Phi) is 6.31. The van der Waals surface area contributed by atoms with Gasteiger partial charge in [-0.05, 0) is 99.1 Å². The van der Waals surface area contributed by atoms with Crippen LogP contribution in [-0.4, -0.2) is 0 Å². The third kappa shape index (κ3) is 4.43. The minimum Gasteiger partial charge on any atom is -0.192 e. The minimum absolute atomic E-state index is 0.649. The molecule has 7 aromatic carbocycles. The normalized spacial score (nSPS) is 11.5. The van der Waals surface area contributed by atoms with Crippen molar-refractivity contribution < 1.29 is 0 Å². The molecule has 3 heteroatoms. The highest BCUT2D eigenvalue weighted by atomic mass is 32.1. The maximum absolute atomic E-state index is 10.2. The third-order valence-electron chi connectivity index (χ3n) is 8.90. The zero-order chi connectivity index (χ0) is 30.6. The molecule has 0 saturated carbocycles. The van der Waals surface area contributed by atoms with Gasteiger partial charge in [0.1, 0.15) is 0 Å².